The molecule has 0 fully saturated rings. The maximum Gasteiger partial charge on any atom is 0.0556 e. The van der Waals surface area contributed by atoms with Gasteiger partial charge in [0.25, 0.3) is 0 Å². The molecule has 0 bridgehead atoms. The van der Waals surface area contributed by atoms with Gasteiger partial charge >= 0.3 is 0 Å². The molecule has 2 nitrogen and oxygen atoms in total. The highest BCUT2D eigenvalue weighted by molar-refractivity contribution is 7.27. The van der Waals surface area contributed by atoms with E-state index in [0.29, 0.717) is 0 Å². The van der Waals surface area contributed by atoms with Crippen LogP contribution in [0.3, 0.4) is 0 Å². The summed E-state index contributed by atoms with van der Waals surface area (Å²) in [5.41, 5.74) is 9.66. The Morgan fingerprint density at radius 2 is 0.865 bits per heavy atom. The van der Waals surface area contributed by atoms with Crippen LogP contribution in [0.2, 0.25) is 0 Å². The fourth-order valence-electron chi connectivity index (χ4n) is 8.73. The van der Waals surface area contributed by atoms with Crippen LogP contribution in [0, 0.1) is 0 Å². The van der Waals surface area contributed by atoms with Crippen molar-refractivity contribution in [2.75, 3.05) is 0 Å². The topological polar surface area (TPSA) is 9.86 Å². The summed E-state index contributed by atoms with van der Waals surface area (Å²) in [6.07, 6.45) is 0. The van der Waals surface area contributed by atoms with Gasteiger partial charge in [-0.15, -0.1) is 22.7 Å². The Hall–Kier alpha value is -6.20. The molecule has 0 aliphatic rings. The average Bonchev–Trinajstić information content (AvgIpc) is 3.95. The van der Waals surface area contributed by atoms with Gasteiger partial charge in [0.1, 0.15) is 0 Å². The van der Waals surface area contributed by atoms with Crippen molar-refractivity contribution in [1.29, 1.82) is 0 Å². The number of thiophene rings is 2. The van der Waals surface area contributed by atoms with E-state index in [4.69, 9.17) is 0 Å². The van der Waals surface area contributed by atoms with Crippen molar-refractivity contribution in [1.82, 2.24) is 9.13 Å². The predicted molar refractivity (Wildman–Crippen MR) is 226 cm³/mol. The summed E-state index contributed by atoms with van der Waals surface area (Å²) in [6.45, 7) is 0. The van der Waals surface area contributed by atoms with E-state index >= 15 is 0 Å². The second-order valence-corrected chi connectivity index (χ2v) is 15.7. The van der Waals surface area contributed by atoms with Gasteiger partial charge in [0.05, 0.1) is 27.8 Å². The number of para-hydroxylation sites is 3. The second kappa shape index (κ2) is 10.7. The molecule has 4 heterocycles. The summed E-state index contributed by atoms with van der Waals surface area (Å²) in [5, 5.41) is 10.6. The van der Waals surface area contributed by atoms with Crippen molar-refractivity contribution in [3.63, 3.8) is 0 Å². The van der Waals surface area contributed by atoms with E-state index in [1.165, 1.54) is 101 Å². The standard InChI is InChI=1S/C48H28N2S2/c1-6-19-38(50-40-21-8-3-18-37(40)46-42(50)27-25-35-33-16-5-10-23-44(33)52-48(35)46)31(14-1)29-12-11-13-30(28-29)49-39-20-7-2-17-36(39)45-41(49)26-24-34-32-15-4-9-22-43(32)51-47(34)45/h1-28H. The summed E-state index contributed by atoms with van der Waals surface area (Å²) in [5.74, 6) is 0. The number of hydrogen-bond acceptors (Lipinski definition) is 2. The molecule has 12 rings (SSSR count). The molecule has 52 heavy (non-hydrogen) atoms. The highest BCUT2D eigenvalue weighted by Crippen LogP contribution is 2.46. The first kappa shape index (κ1) is 28.5. The minimum Gasteiger partial charge on any atom is -0.309 e. The summed E-state index contributed by atoms with van der Waals surface area (Å²) < 4.78 is 10.3. The van der Waals surface area contributed by atoms with E-state index in [2.05, 4.69) is 179 Å². The lowest BCUT2D eigenvalue weighted by Crippen LogP contribution is -1.98. The minimum atomic E-state index is 1.16. The van der Waals surface area contributed by atoms with Crippen molar-refractivity contribution in [3.8, 4) is 22.5 Å². The highest BCUT2D eigenvalue weighted by atomic mass is 32.1. The molecule has 0 unspecified atom stereocenters. The van der Waals surface area contributed by atoms with Gasteiger partial charge in [-0.3, -0.25) is 0 Å². The van der Waals surface area contributed by atoms with Crippen molar-refractivity contribution in [2.24, 2.45) is 0 Å². The van der Waals surface area contributed by atoms with Crippen LogP contribution in [0.5, 0.6) is 0 Å². The fraction of sp³-hybridized carbons (Fsp3) is 0. The number of nitrogens with zero attached hydrogens (tertiary/aromatic N) is 2. The lowest BCUT2D eigenvalue weighted by Gasteiger charge is -2.15. The summed E-state index contributed by atoms with van der Waals surface area (Å²) in [7, 11) is 0. The van der Waals surface area contributed by atoms with Crippen molar-refractivity contribution >= 4 is 107 Å². The fourth-order valence-corrected chi connectivity index (χ4v) is 11.3. The zero-order valence-electron chi connectivity index (χ0n) is 27.9. The second-order valence-electron chi connectivity index (χ2n) is 13.6. The molecule has 0 N–H and O–H groups in total. The van der Waals surface area contributed by atoms with E-state index in [-0.39, 0.29) is 0 Å². The predicted octanol–water partition coefficient (Wildman–Crippen LogP) is 14.3. The van der Waals surface area contributed by atoms with Gasteiger partial charge in [0, 0.05) is 73.1 Å². The minimum absolute atomic E-state index is 1.16. The summed E-state index contributed by atoms with van der Waals surface area (Å²) in [4.78, 5) is 0. The number of rotatable bonds is 3. The quantitative estimate of drug-likeness (QED) is 0.174. The molecule has 0 atom stereocenters. The summed E-state index contributed by atoms with van der Waals surface area (Å²) in [6, 6.07) is 62.7. The van der Waals surface area contributed by atoms with Crippen LogP contribution in [0.1, 0.15) is 0 Å². The van der Waals surface area contributed by atoms with Crippen molar-refractivity contribution in [2.45, 2.75) is 0 Å². The van der Waals surface area contributed by atoms with E-state index < -0.39 is 0 Å². The van der Waals surface area contributed by atoms with Crippen LogP contribution < -0.4 is 0 Å². The van der Waals surface area contributed by atoms with Gasteiger partial charge in [-0.25, -0.2) is 0 Å². The SMILES string of the molecule is c1cc(-c2ccccc2-n2c3ccccc3c3c4sc5ccccc5c4ccc32)cc(-n2c3ccccc3c3c4sc5ccccc5c4ccc32)c1. The Morgan fingerprint density at radius 3 is 1.52 bits per heavy atom. The first-order valence-electron chi connectivity index (χ1n) is 17.7. The molecule has 0 saturated heterocycles. The molecule has 0 spiro atoms. The lowest BCUT2D eigenvalue weighted by molar-refractivity contribution is 1.17. The van der Waals surface area contributed by atoms with E-state index in [0.717, 1.165) is 5.69 Å². The number of aromatic nitrogens is 2. The van der Waals surface area contributed by atoms with Crippen molar-refractivity contribution < 1.29 is 0 Å². The molecule has 4 heteroatoms. The molecular formula is C48H28N2S2. The monoisotopic (exact) mass is 696 g/mol. The Labute approximate surface area is 306 Å². The van der Waals surface area contributed by atoms with Crippen LogP contribution in [0.25, 0.3) is 106 Å². The highest BCUT2D eigenvalue weighted by Gasteiger charge is 2.21. The third-order valence-electron chi connectivity index (χ3n) is 10.9. The van der Waals surface area contributed by atoms with Crippen LogP contribution in [-0.4, -0.2) is 9.13 Å². The van der Waals surface area contributed by atoms with Crippen molar-refractivity contribution in [3.05, 3.63) is 170 Å². The van der Waals surface area contributed by atoms with Gasteiger partial charge in [0.2, 0.25) is 0 Å². The zero-order valence-corrected chi connectivity index (χ0v) is 29.5. The first-order valence-corrected chi connectivity index (χ1v) is 19.3. The van der Waals surface area contributed by atoms with Crippen LogP contribution in [0.4, 0.5) is 0 Å². The Morgan fingerprint density at radius 1 is 0.346 bits per heavy atom. The third-order valence-corrected chi connectivity index (χ3v) is 13.3. The molecule has 0 radical (unpaired) electrons. The molecule has 12 aromatic rings. The largest absolute Gasteiger partial charge is 0.309 e. The van der Waals surface area contributed by atoms with Crippen LogP contribution in [0.15, 0.2) is 170 Å². The molecule has 0 aliphatic carbocycles. The van der Waals surface area contributed by atoms with Gasteiger partial charge in [-0.2, -0.15) is 0 Å². The molecule has 0 aliphatic heterocycles. The zero-order chi connectivity index (χ0) is 33.9. The Kier molecular flexibility index (Phi) is 5.84. The molecule has 242 valence electrons. The average molecular weight is 697 g/mol. The van der Waals surface area contributed by atoms with Gasteiger partial charge in [-0.1, -0.05) is 115 Å². The lowest BCUT2D eigenvalue weighted by atomic mass is 10.0. The number of fused-ring (bicyclic) bond motifs is 14. The smallest absolute Gasteiger partial charge is 0.0556 e. The van der Waals surface area contributed by atoms with Gasteiger partial charge < -0.3 is 9.13 Å². The number of hydrogen-bond donors (Lipinski definition) is 0. The normalized spacial score (nSPS) is 12.2. The first-order chi connectivity index (χ1) is 25.8. The van der Waals surface area contributed by atoms with E-state index in [1.54, 1.807) is 0 Å². The van der Waals surface area contributed by atoms with Crippen LogP contribution in [-0.2, 0) is 0 Å². The molecule has 8 aromatic carbocycles. The molecule has 0 saturated carbocycles. The Bertz CT molecular complexity index is 3420. The molecule has 0 amide bonds. The third kappa shape index (κ3) is 3.83. The van der Waals surface area contributed by atoms with Crippen LogP contribution >= 0.6 is 22.7 Å². The molecule has 4 aromatic heterocycles. The number of benzene rings is 8. The maximum absolute atomic E-state index is 2.48. The van der Waals surface area contributed by atoms with E-state index in [1.807, 2.05) is 22.7 Å². The molecular weight excluding hydrogens is 669 g/mol. The van der Waals surface area contributed by atoms with Gasteiger partial charge in [-0.05, 0) is 60.2 Å². The summed E-state index contributed by atoms with van der Waals surface area (Å²) >= 11 is 3.81. The van der Waals surface area contributed by atoms with E-state index in [9.17, 15) is 0 Å². The Balaban J connectivity index is 1.10. The maximum atomic E-state index is 2.48. The van der Waals surface area contributed by atoms with Gasteiger partial charge in [0.15, 0.2) is 0 Å².